The van der Waals surface area contributed by atoms with Gasteiger partial charge >= 0.3 is 12.1 Å². The van der Waals surface area contributed by atoms with Crippen LogP contribution in [0, 0.1) is 0 Å². The van der Waals surface area contributed by atoms with Crippen LogP contribution in [0.2, 0.25) is 18.1 Å². The van der Waals surface area contributed by atoms with Gasteiger partial charge in [-0.3, -0.25) is 9.36 Å². The number of Topliss-reactive ketones (excluding diaryl/α,β-unsaturated/α-hetero) is 1. The molecule has 0 amide bonds. The fourth-order valence-corrected chi connectivity index (χ4v) is 3.11. The van der Waals surface area contributed by atoms with E-state index in [2.05, 4.69) is 0 Å². The number of ketones is 1. The van der Waals surface area contributed by atoms with Gasteiger partial charge in [-0.25, -0.2) is 9.59 Å². The second-order valence-electron chi connectivity index (χ2n) is 7.61. The van der Waals surface area contributed by atoms with E-state index < -0.39 is 26.2 Å². The van der Waals surface area contributed by atoms with Crippen molar-refractivity contribution in [3.05, 3.63) is 36.0 Å². The molecule has 1 aromatic heterocycles. The minimum Gasteiger partial charge on any atom is -0.513 e. The highest BCUT2D eigenvalue weighted by Crippen LogP contribution is 2.37. The predicted molar refractivity (Wildman–Crippen MR) is 102 cm³/mol. The van der Waals surface area contributed by atoms with Crippen molar-refractivity contribution in [2.24, 2.45) is 0 Å². The molecule has 140 valence electrons. The summed E-state index contributed by atoms with van der Waals surface area (Å²) in [5.41, 5.74) is 0.645. The molecule has 2 rings (SSSR count). The van der Waals surface area contributed by atoms with Crippen molar-refractivity contribution in [1.29, 1.82) is 0 Å². The number of fused-ring (bicyclic) bond motifs is 1. The normalized spacial score (nSPS) is 12.1. The van der Waals surface area contributed by atoms with Crippen LogP contribution in [0.5, 0.6) is 0 Å². The zero-order valence-electron chi connectivity index (χ0n) is 16.1. The van der Waals surface area contributed by atoms with Gasteiger partial charge in [0, 0.05) is 11.6 Å². The Morgan fingerprint density at radius 2 is 1.73 bits per heavy atom. The maximum atomic E-state index is 12.7. The first-order chi connectivity index (χ1) is 12.0. The van der Waals surface area contributed by atoms with Crippen LogP contribution in [0.3, 0.4) is 0 Å². The van der Waals surface area contributed by atoms with E-state index in [0.29, 0.717) is 10.9 Å². The minimum absolute atomic E-state index is 0.136. The van der Waals surface area contributed by atoms with E-state index in [4.69, 9.17) is 9.16 Å². The van der Waals surface area contributed by atoms with E-state index >= 15 is 0 Å². The summed E-state index contributed by atoms with van der Waals surface area (Å²) in [6.45, 7) is 11.7. The maximum absolute atomic E-state index is 12.7. The zero-order chi connectivity index (χ0) is 19.7. The van der Waals surface area contributed by atoms with Gasteiger partial charge in [-0.2, -0.15) is 0 Å². The highest BCUT2D eigenvalue weighted by molar-refractivity contribution is 6.76. The van der Waals surface area contributed by atoms with Gasteiger partial charge in [-0.1, -0.05) is 39.0 Å². The van der Waals surface area contributed by atoms with Crippen LogP contribution in [-0.2, 0) is 14.0 Å². The summed E-state index contributed by atoms with van der Waals surface area (Å²) in [7, 11) is -2.43. The minimum atomic E-state index is -2.43. The molecule has 2 aromatic rings. The largest absolute Gasteiger partial charge is 0.513 e. The summed E-state index contributed by atoms with van der Waals surface area (Å²) in [6.07, 6.45) is 0.748. The van der Waals surface area contributed by atoms with E-state index in [1.54, 1.807) is 31.2 Å². The van der Waals surface area contributed by atoms with Crippen LogP contribution >= 0.6 is 0 Å². The van der Waals surface area contributed by atoms with Crippen LogP contribution in [0.1, 0.15) is 38.1 Å². The van der Waals surface area contributed by atoms with Crippen molar-refractivity contribution in [2.75, 3.05) is 6.61 Å². The number of ether oxygens (including phenoxy) is 1. The Balaban J connectivity index is 2.42. The van der Waals surface area contributed by atoms with E-state index in [9.17, 15) is 14.4 Å². The predicted octanol–water partition coefficient (Wildman–Crippen LogP) is 4.38. The number of nitrogens with zero attached hydrogens (tertiary/aromatic N) is 1. The molecule has 0 atom stereocenters. The van der Waals surface area contributed by atoms with E-state index in [-0.39, 0.29) is 17.2 Å². The van der Waals surface area contributed by atoms with E-state index in [1.807, 2.05) is 33.9 Å². The average molecular weight is 375 g/mol. The van der Waals surface area contributed by atoms with Gasteiger partial charge in [-0.05, 0) is 31.1 Å². The molecule has 0 spiro atoms. The van der Waals surface area contributed by atoms with E-state index in [1.165, 1.54) is 10.8 Å². The monoisotopic (exact) mass is 375 g/mol. The molecule has 0 bridgehead atoms. The first kappa shape index (κ1) is 19.9. The third-order valence-corrected chi connectivity index (χ3v) is 9.07. The molecule has 0 radical (unpaired) electrons. The summed E-state index contributed by atoms with van der Waals surface area (Å²) < 4.78 is 11.9. The van der Waals surface area contributed by atoms with Gasteiger partial charge < -0.3 is 9.16 Å². The number of carbonyl (C=O) groups excluding carboxylic acids is 3. The van der Waals surface area contributed by atoms with Crippen molar-refractivity contribution in [1.82, 2.24) is 4.57 Å². The molecular weight excluding hydrogens is 350 g/mol. The van der Waals surface area contributed by atoms with Crippen LogP contribution in [-0.4, -0.2) is 37.3 Å². The van der Waals surface area contributed by atoms with Crippen LogP contribution < -0.4 is 0 Å². The van der Waals surface area contributed by atoms with Crippen LogP contribution in [0.15, 0.2) is 30.5 Å². The molecule has 7 heteroatoms. The van der Waals surface area contributed by atoms with Gasteiger partial charge in [0.15, 0.2) is 0 Å². The average Bonchev–Trinajstić information content (AvgIpc) is 2.92. The Kier molecular flexibility index (Phi) is 5.41. The topological polar surface area (TPSA) is 74.6 Å². The molecular formula is C19H25NO5Si. The maximum Gasteiger partial charge on any atom is 0.418 e. The van der Waals surface area contributed by atoms with Crippen LogP contribution in [0.25, 0.3) is 10.9 Å². The van der Waals surface area contributed by atoms with Crippen molar-refractivity contribution < 1.29 is 23.5 Å². The highest BCUT2D eigenvalue weighted by Gasteiger charge is 2.42. The molecule has 0 unspecified atom stereocenters. The Morgan fingerprint density at radius 3 is 2.31 bits per heavy atom. The molecule has 0 aliphatic rings. The summed E-state index contributed by atoms with van der Waals surface area (Å²) in [5, 5.41) is 0.305. The first-order valence-corrected chi connectivity index (χ1v) is 11.5. The van der Waals surface area contributed by atoms with Crippen LogP contribution in [0.4, 0.5) is 4.79 Å². The summed E-state index contributed by atoms with van der Waals surface area (Å²) >= 11 is 0. The lowest BCUT2D eigenvalue weighted by molar-refractivity contribution is -0.130. The smallest absolute Gasteiger partial charge is 0.418 e. The molecule has 0 saturated carbocycles. The number of hydrogen-bond acceptors (Lipinski definition) is 5. The summed E-state index contributed by atoms with van der Waals surface area (Å²) in [6, 6.07) is 6.88. The number of carbonyl (C=O) groups is 3. The van der Waals surface area contributed by atoms with Gasteiger partial charge in [0.25, 0.3) is 14.1 Å². The highest BCUT2D eigenvalue weighted by atomic mass is 28.4. The third-order valence-electron chi connectivity index (χ3n) is 4.76. The van der Waals surface area contributed by atoms with Crippen molar-refractivity contribution >= 4 is 37.1 Å². The van der Waals surface area contributed by atoms with Crippen molar-refractivity contribution in [3.63, 3.8) is 0 Å². The Hall–Kier alpha value is -2.41. The second kappa shape index (κ2) is 7.07. The third kappa shape index (κ3) is 3.72. The number of rotatable bonds is 4. The van der Waals surface area contributed by atoms with Crippen molar-refractivity contribution in [2.45, 2.75) is 45.8 Å². The number of para-hydroxylation sites is 1. The number of aromatic nitrogens is 1. The van der Waals surface area contributed by atoms with Gasteiger partial charge in [0.05, 0.1) is 17.7 Å². The fourth-order valence-electron chi connectivity index (χ4n) is 2.25. The fraction of sp³-hybridized carbons (Fsp3) is 0.421. The SMILES string of the molecule is CCOC(=O)n1cc(C(=O)C(=O)O[Si](C)(C)C(C)(C)C)c2ccccc21. The molecule has 0 aliphatic carbocycles. The molecule has 0 N–H and O–H groups in total. The number of benzene rings is 1. The van der Waals surface area contributed by atoms with E-state index in [0.717, 1.165) is 0 Å². The number of hydrogen-bond donors (Lipinski definition) is 0. The van der Waals surface area contributed by atoms with Crippen molar-refractivity contribution in [3.8, 4) is 0 Å². The quantitative estimate of drug-likeness (QED) is 0.450. The lowest BCUT2D eigenvalue weighted by Crippen LogP contribution is -2.44. The summed E-state index contributed by atoms with van der Waals surface area (Å²) in [4.78, 5) is 37.4. The molecule has 26 heavy (non-hydrogen) atoms. The molecule has 1 aromatic carbocycles. The first-order valence-electron chi connectivity index (χ1n) is 8.54. The van der Waals surface area contributed by atoms with Gasteiger partial charge in [0.1, 0.15) is 0 Å². The molecule has 0 fully saturated rings. The molecule has 1 heterocycles. The molecule has 6 nitrogen and oxygen atoms in total. The van der Waals surface area contributed by atoms with Gasteiger partial charge in [0.2, 0.25) is 0 Å². The lowest BCUT2D eigenvalue weighted by Gasteiger charge is -2.35. The molecule has 0 saturated heterocycles. The summed E-state index contributed by atoms with van der Waals surface area (Å²) in [5.74, 6) is -1.64. The second-order valence-corrected chi connectivity index (χ2v) is 12.3. The molecule has 0 aliphatic heterocycles. The van der Waals surface area contributed by atoms with Gasteiger partial charge in [-0.15, -0.1) is 0 Å². The lowest BCUT2D eigenvalue weighted by atomic mass is 10.1. The Morgan fingerprint density at radius 1 is 1.12 bits per heavy atom. The standard InChI is InChI=1S/C19H25NO5Si/c1-7-24-18(23)20-12-14(13-10-8-9-11-15(13)20)16(21)17(22)25-26(5,6)19(2,3)4/h8-12H,7H2,1-6H3. The Bertz CT molecular complexity index is 860. The zero-order valence-corrected chi connectivity index (χ0v) is 17.1. The Labute approximate surface area is 154 Å².